The first-order valence-corrected chi connectivity index (χ1v) is 5.17. The lowest BCUT2D eigenvalue weighted by atomic mass is 9.96. The average molecular weight is 193 g/mol. The molecule has 0 heterocycles. The first-order chi connectivity index (χ1) is 6.69. The van der Waals surface area contributed by atoms with E-state index in [0.29, 0.717) is 12.5 Å². The molecule has 2 nitrogen and oxygen atoms in total. The zero-order valence-corrected chi connectivity index (χ0v) is 9.17. The van der Waals surface area contributed by atoms with Gasteiger partial charge in [0, 0.05) is 6.54 Å². The molecule has 0 bridgehead atoms. The first kappa shape index (κ1) is 11.2. The standard InChI is InChI=1S/C12H19NO/c1-4-10-5-6-11(9(2)3)7-12(10)8-13-14/h5-7,9,13-14H,4,8H2,1-3H3. The molecule has 0 aliphatic rings. The predicted molar refractivity (Wildman–Crippen MR) is 58.5 cm³/mol. The summed E-state index contributed by atoms with van der Waals surface area (Å²) in [5, 5.41) is 8.72. The van der Waals surface area contributed by atoms with Gasteiger partial charge in [0.1, 0.15) is 0 Å². The molecule has 0 saturated carbocycles. The van der Waals surface area contributed by atoms with E-state index >= 15 is 0 Å². The Morgan fingerprint density at radius 1 is 1.29 bits per heavy atom. The molecule has 78 valence electrons. The first-order valence-electron chi connectivity index (χ1n) is 5.17. The molecule has 0 spiro atoms. The zero-order valence-electron chi connectivity index (χ0n) is 9.17. The van der Waals surface area contributed by atoms with Crippen molar-refractivity contribution in [3.05, 3.63) is 34.9 Å². The van der Waals surface area contributed by atoms with Crippen molar-refractivity contribution in [2.75, 3.05) is 0 Å². The molecule has 0 saturated heterocycles. The summed E-state index contributed by atoms with van der Waals surface area (Å²) in [4.78, 5) is 0. The smallest absolute Gasteiger partial charge is 0.0460 e. The van der Waals surface area contributed by atoms with E-state index in [0.717, 1.165) is 6.42 Å². The van der Waals surface area contributed by atoms with Gasteiger partial charge in [-0.15, -0.1) is 0 Å². The minimum atomic E-state index is 0.531. The highest BCUT2D eigenvalue weighted by Gasteiger charge is 2.04. The fourth-order valence-corrected chi connectivity index (χ4v) is 1.60. The highest BCUT2D eigenvalue weighted by atomic mass is 16.5. The van der Waals surface area contributed by atoms with Crippen LogP contribution in [-0.4, -0.2) is 5.21 Å². The van der Waals surface area contributed by atoms with Crippen LogP contribution in [0, 0.1) is 0 Å². The second-order valence-corrected chi connectivity index (χ2v) is 3.87. The highest BCUT2D eigenvalue weighted by Crippen LogP contribution is 2.19. The summed E-state index contributed by atoms with van der Waals surface area (Å²) in [6.07, 6.45) is 1.01. The molecule has 14 heavy (non-hydrogen) atoms. The number of hydrogen-bond acceptors (Lipinski definition) is 2. The van der Waals surface area contributed by atoms with Gasteiger partial charge in [-0.1, -0.05) is 39.0 Å². The minimum Gasteiger partial charge on any atom is -0.316 e. The molecular weight excluding hydrogens is 174 g/mol. The van der Waals surface area contributed by atoms with E-state index < -0.39 is 0 Å². The van der Waals surface area contributed by atoms with Crippen LogP contribution in [0.2, 0.25) is 0 Å². The van der Waals surface area contributed by atoms with Gasteiger partial charge < -0.3 is 5.21 Å². The Kier molecular flexibility index (Phi) is 4.11. The Labute approximate surface area is 85.9 Å². The van der Waals surface area contributed by atoms with Gasteiger partial charge in [-0.3, -0.25) is 0 Å². The molecule has 0 radical (unpaired) electrons. The Bertz CT molecular complexity index is 294. The van der Waals surface area contributed by atoms with E-state index in [4.69, 9.17) is 5.21 Å². The summed E-state index contributed by atoms with van der Waals surface area (Å²) in [6.45, 7) is 7.02. The normalized spacial score (nSPS) is 10.9. The van der Waals surface area contributed by atoms with Crippen LogP contribution in [0.25, 0.3) is 0 Å². The van der Waals surface area contributed by atoms with Crippen LogP contribution >= 0.6 is 0 Å². The van der Waals surface area contributed by atoms with Gasteiger partial charge in [0.15, 0.2) is 0 Å². The van der Waals surface area contributed by atoms with Crippen molar-refractivity contribution in [1.29, 1.82) is 0 Å². The maximum Gasteiger partial charge on any atom is 0.0460 e. The number of aryl methyl sites for hydroxylation is 1. The molecule has 0 aliphatic heterocycles. The fraction of sp³-hybridized carbons (Fsp3) is 0.500. The van der Waals surface area contributed by atoms with Crippen molar-refractivity contribution in [3.63, 3.8) is 0 Å². The Hall–Kier alpha value is -0.860. The monoisotopic (exact) mass is 193 g/mol. The summed E-state index contributed by atoms with van der Waals surface area (Å²) in [5.74, 6) is 0.540. The molecule has 1 rings (SSSR count). The third kappa shape index (κ3) is 2.56. The number of hydrogen-bond donors (Lipinski definition) is 2. The van der Waals surface area contributed by atoms with Crippen molar-refractivity contribution >= 4 is 0 Å². The molecule has 1 aromatic rings. The Morgan fingerprint density at radius 3 is 2.50 bits per heavy atom. The summed E-state index contributed by atoms with van der Waals surface area (Å²) in [6, 6.07) is 6.50. The average Bonchev–Trinajstić information content (AvgIpc) is 2.18. The van der Waals surface area contributed by atoms with Gasteiger partial charge in [-0.2, -0.15) is 0 Å². The van der Waals surface area contributed by atoms with Gasteiger partial charge in [-0.25, -0.2) is 5.48 Å². The third-order valence-corrected chi connectivity index (χ3v) is 2.55. The molecular formula is C12H19NO. The highest BCUT2D eigenvalue weighted by molar-refractivity contribution is 5.33. The molecule has 1 aromatic carbocycles. The molecule has 0 aliphatic carbocycles. The van der Waals surface area contributed by atoms with Gasteiger partial charge in [0.2, 0.25) is 0 Å². The quantitative estimate of drug-likeness (QED) is 0.721. The van der Waals surface area contributed by atoms with E-state index in [1.807, 2.05) is 0 Å². The van der Waals surface area contributed by atoms with Crippen molar-refractivity contribution < 1.29 is 5.21 Å². The van der Waals surface area contributed by atoms with Crippen molar-refractivity contribution in [3.8, 4) is 0 Å². The predicted octanol–water partition coefficient (Wildman–Crippen LogP) is 2.85. The van der Waals surface area contributed by atoms with Crippen LogP contribution in [0.15, 0.2) is 18.2 Å². The van der Waals surface area contributed by atoms with E-state index in [9.17, 15) is 0 Å². The van der Waals surface area contributed by atoms with Crippen molar-refractivity contribution in [2.45, 2.75) is 39.7 Å². The SMILES string of the molecule is CCc1ccc(C(C)C)cc1CNO. The van der Waals surface area contributed by atoms with Crippen LogP contribution < -0.4 is 5.48 Å². The summed E-state index contributed by atoms with van der Waals surface area (Å²) in [7, 11) is 0. The largest absolute Gasteiger partial charge is 0.316 e. The van der Waals surface area contributed by atoms with Crippen LogP contribution in [0.5, 0.6) is 0 Å². The molecule has 0 aromatic heterocycles. The van der Waals surface area contributed by atoms with Crippen LogP contribution in [0.1, 0.15) is 43.4 Å². The third-order valence-electron chi connectivity index (χ3n) is 2.55. The lowest BCUT2D eigenvalue weighted by Crippen LogP contribution is -2.09. The number of benzene rings is 1. The lowest BCUT2D eigenvalue weighted by molar-refractivity contribution is 0.161. The maximum absolute atomic E-state index is 8.72. The summed E-state index contributed by atoms with van der Waals surface area (Å²) < 4.78 is 0. The van der Waals surface area contributed by atoms with E-state index in [2.05, 4.69) is 44.5 Å². The molecule has 0 fully saturated rings. The molecule has 0 amide bonds. The summed E-state index contributed by atoms with van der Waals surface area (Å²) in [5.41, 5.74) is 6.05. The molecule has 0 unspecified atom stereocenters. The summed E-state index contributed by atoms with van der Waals surface area (Å²) >= 11 is 0. The molecule has 2 N–H and O–H groups in total. The molecule has 0 atom stereocenters. The van der Waals surface area contributed by atoms with E-state index in [1.54, 1.807) is 0 Å². The number of rotatable bonds is 4. The minimum absolute atomic E-state index is 0.531. The fourth-order valence-electron chi connectivity index (χ4n) is 1.60. The molecule has 2 heteroatoms. The number of hydroxylamine groups is 1. The second-order valence-electron chi connectivity index (χ2n) is 3.87. The van der Waals surface area contributed by atoms with Crippen molar-refractivity contribution in [1.82, 2.24) is 5.48 Å². The van der Waals surface area contributed by atoms with Crippen LogP contribution in [0.3, 0.4) is 0 Å². The van der Waals surface area contributed by atoms with Gasteiger partial charge >= 0.3 is 0 Å². The maximum atomic E-state index is 8.72. The van der Waals surface area contributed by atoms with Gasteiger partial charge in [-0.05, 0) is 29.0 Å². The van der Waals surface area contributed by atoms with E-state index in [1.165, 1.54) is 16.7 Å². The van der Waals surface area contributed by atoms with Gasteiger partial charge in [0.05, 0.1) is 0 Å². The van der Waals surface area contributed by atoms with Crippen molar-refractivity contribution in [2.24, 2.45) is 0 Å². The lowest BCUT2D eigenvalue weighted by Gasteiger charge is -2.11. The topological polar surface area (TPSA) is 32.3 Å². The van der Waals surface area contributed by atoms with Crippen LogP contribution in [0.4, 0.5) is 0 Å². The Balaban J connectivity index is 3.01. The van der Waals surface area contributed by atoms with Crippen LogP contribution in [-0.2, 0) is 13.0 Å². The van der Waals surface area contributed by atoms with E-state index in [-0.39, 0.29) is 0 Å². The number of nitrogens with one attached hydrogen (secondary N) is 1. The zero-order chi connectivity index (χ0) is 10.6. The Morgan fingerprint density at radius 2 is 2.00 bits per heavy atom. The van der Waals surface area contributed by atoms with Gasteiger partial charge in [0.25, 0.3) is 0 Å². The second kappa shape index (κ2) is 5.13.